The topological polar surface area (TPSA) is 6.48 Å². The van der Waals surface area contributed by atoms with Crippen molar-refractivity contribution in [3.8, 4) is 0 Å². The molecule has 2 heterocycles. The summed E-state index contributed by atoms with van der Waals surface area (Å²) in [6.45, 7) is 13.7. The van der Waals surface area contributed by atoms with Gasteiger partial charge in [0.05, 0.1) is 12.1 Å². The van der Waals surface area contributed by atoms with E-state index in [1.165, 1.54) is 48.2 Å². The van der Waals surface area contributed by atoms with Crippen LogP contribution in [-0.4, -0.2) is 12.1 Å². The van der Waals surface area contributed by atoms with Crippen molar-refractivity contribution in [3.63, 3.8) is 0 Å². The van der Waals surface area contributed by atoms with Crippen LogP contribution < -0.4 is 9.80 Å². The maximum absolute atomic E-state index is 2.54. The highest BCUT2D eigenvalue weighted by molar-refractivity contribution is 5.64. The Morgan fingerprint density at radius 1 is 0.562 bits per heavy atom. The van der Waals surface area contributed by atoms with Gasteiger partial charge >= 0.3 is 0 Å². The molecule has 2 atom stereocenters. The number of hydrogen-bond acceptors (Lipinski definition) is 2. The lowest BCUT2D eigenvalue weighted by Gasteiger charge is -2.38. The van der Waals surface area contributed by atoms with E-state index in [1.54, 1.807) is 11.1 Å². The van der Waals surface area contributed by atoms with Gasteiger partial charge in [0.15, 0.2) is 0 Å². The maximum Gasteiger partial charge on any atom is 0.0548 e. The molecular weight excluding hydrogens is 388 g/mol. The van der Waals surface area contributed by atoms with Crippen LogP contribution in [-0.2, 0) is 0 Å². The van der Waals surface area contributed by atoms with Crippen molar-refractivity contribution in [2.45, 2.75) is 105 Å². The smallest absolute Gasteiger partial charge is 0.0548 e. The van der Waals surface area contributed by atoms with E-state index in [4.69, 9.17) is 0 Å². The van der Waals surface area contributed by atoms with Crippen molar-refractivity contribution in [1.82, 2.24) is 0 Å². The second kappa shape index (κ2) is 11.6. The van der Waals surface area contributed by atoms with Crippen LogP contribution in [0.2, 0.25) is 0 Å². The molecule has 2 aliphatic rings. The summed E-state index contributed by atoms with van der Waals surface area (Å²) in [6.07, 6.45) is 18.9. The second-order valence-corrected chi connectivity index (χ2v) is 9.20. The van der Waals surface area contributed by atoms with Crippen LogP contribution in [0.1, 0.15) is 92.9 Å². The molecule has 0 aliphatic carbocycles. The molecule has 1 aromatic carbocycles. The number of anilines is 2. The van der Waals surface area contributed by atoms with Crippen LogP contribution in [0.15, 0.2) is 71.1 Å². The Morgan fingerprint density at radius 3 is 1.22 bits per heavy atom. The third kappa shape index (κ3) is 5.22. The molecule has 0 N–H and O–H groups in total. The van der Waals surface area contributed by atoms with E-state index in [-0.39, 0.29) is 0 Å². The molecule has 0 aromatic heterocycles. The number of nitrogens with zero attached hydrogens (tertiary/aromatic N) is 2. The first-order valence-electron chi connectivity index (χ1n) is 13.1. The fraction of sp³-hybridized carbons (Fsp3) is 0.533. The average molecular weight is 433 g/mol. The molecule has 0 radical (unpaired) electrons. The van der Waals surface area contributed by atoms with Crippen molar-refractivity contribution >= 4 is 11.4 Å². The van der Waals surface area contributed by atoms with E-state index >= 15 is 0 Å². The predicted molar refractivity (Wildman–Crippen MR) is 142 cm³/mol. The Labute approximate surface area is 197 Å². The lowest BCUT2D eigenvalue weighted by molar-refractivity contribution is 0.623. The van der Waals surface area contributed by atoms with Gasteiger partial charge in [-0.1, -0.05) is 66.5 Å². The molecule has 0 saturated heterocycles. The minimum absolute atomic E-state index is 0.482. The largest absolute Gasteiger partial charge is 0.341 e. The Morgan fingerprint density at radius 2 is 0.938 bits per heavy atom. The molecule has 2 nitrogen and oxygen atoms in total. The standard InChI is InChI=1S/C30H44N2/c1-7-13-29-25(11-5)19-23(9-3)21-31(29)27-15-17-28(18-16-27)32-22-24(10-4)20-26(12-6)30(32)14-8-2/h15-22,29-30H,7-14H2,1-6H3. The van der Waals surface area contributed by atoms with Crippen molar-refractivity contribution in [3.05, 3.63) is 71.1 Å². The van der Waals surface area contributed by atoms with Gasteiger partial charge in [-0.15, -0.1) is 0 Å². The molecule has 0 bridgehead atoms. The van der Waals surface area contributed by atoms with Gasteiger partial charge in [-0.3, -0.25) is 0 Å². The quantitative estimate of drug-likeness (QED) is 0.364. The minimum atomic E-state index is 0.482. The van der Waals surface area contributed by atoms with Gasteiger partial charge in [-0.25, -0.2) is 0 Å². The summed E-state index contributed by atoms with van der Waals surface area (Å²) in [5, 5.41) is 0. The van der Waals surface area contributed by atoms with E-state index in [0.717, 1.165) is 25.7 Å². The molecule has 32 heavy (non-hydrogen) atoms. The average Bonchev–Trinajstić information content (AvgIpc) is 2.84. The monoisotopic (exact) mass is 432 g/mol. The number of benzene rings is 1. The second-order valence-electron chi connectivity index (χ2n) is 9.20. The van der Waals surface area contributed by atoms with Crippen molar-refractivity contribution in [2.75, 3.05) is 9.80 Å². The third-order valence-electron chi connectivity index (χ3n) is 7.08. The highest BCUT2D eigenvalue weighted by Gasteiger charge is 2.26. The molecule has 0 spiro atoms. The molecular formula is C30H44N2. The van der Waals surface area contributed by atoms with Gasteiger partial charge < -0.3 is 9.80 Å². The van der Waals surface area contributed by atoms with Crippen LogP contribution in [0, 0.1) is 0 Å². The first-order chi connectivity index (χ1) is 15.6. The molecule has 1 aromatic rings. The SMILES string of the molecule is CCCC1C(CC)=CC(CC)=CN1c1ccc(N2C=C(CC)C=C(CC)C2CCC)cc1. The first-order valence-corrected chi connectivity index (χ1v) is 13.1. The number of rotatable bonds is 10. The molecule has 174 valence electrons. The van der Waals surface area contributed by atoms with E-state index in [0.29, 0.717) is 12.1 Å². The molecule has 0 saturated carbocycles. The van der Waals surface area contributed by atoms with Crippen molar-refractivity contribution in [1.29, 1.82) is 0 Å². The molecule has 3 rings (SSSR count). The third-order valence-corrected chi connectivity index (χ3v) is 7.08. The molecule has 2 aliphatic heterocycles. The van der Waals surface area contributed by atoms with E-state index < -0.39 is 0 Å². The van der Waals surface area contributed by atoms with Gasteiger partial charge in [0.1, 0.15) is 0 Å². The first kappa shape index (κ1) is 24.4. The summed E-state index contributed by atoms with van der Waals surface area (Å²) >= 11 is 0. The molecule has 0 fully saturated rings. The summed E-state index contributed by atoms with van der Waals surface area (Å²) in [5.41, 5.74) is 8.64. The van der Waals surface area contributed by atoms with Crippen LogP contribution >= 0.6 is 0 Å². The molecule has 2 heteroatoms. The zero-order valence-corrected chi connectivity index (χ0v) is 21.3. The number of allylic oxidation sites excluding steroid dienone is 4. The summed E-state index contributed by atoms with van der Waals surface area (Å²) in [4.78, 5) is 5.07. The van der Waals surface area contributed by atoms with E-state index in [2.05, 4.69) is 100 Å². The Bertz CT molecular complexity index is 796. The van der Waals surface area contributed by atoms with Crippen LogP contribution in [0.5, 0.6) is 0 Å². The summed E-state index contributed by atoms with van der Waals surface area (Å²) in [6, 6.07) is 10.3. The van der Waals surface area contributed by atoms with Crippen LogP contribution in [0.3, 0.4) is 0 Å². The summed E-state index contributed by atoms with van der Waals surface area (Å²) < 4.78 is 0. The highest BCUT2D eigenvalue weighted by atomic mass is 15.2. The Kier molecular flexibility index (Phi) is 8.84. The van der Waals surface area contributed by atoms with Crippen molar-refractivity contribution in [2.24, 2.45) is 0 Å². The van der Waals surface area contributed by atoms with Gasteiger partial charge in [0.25, 0.3) is 0 Å². The maximum atomic E-state index is 2.54. The lowest BCUT2D eigenvalue weighted by Crippen LogP contribution is -2.36. The van der Waals surface area contributed by atoms with E-state index in [9.17, 15) is 0 Å². The lowest BCUT2D eigenvalue weighted by atomic mass is 9.91. The fourth-order valence-corrected chi connectivity index (χ4v) is 5.20. The summed E-state index contributed by atoms with van der Waals surface area (Å²) in [5.74, 6) is 0. The Balaban J connectivity index is 1.93. The minimum Gasteiger partial charge on any atom is -0.341 e. The number of hydrogen-bond donors (Lipinski definition) is 0. The molecule has 2 unspecified atom stereocenters. The Hall–Kier alpha value is -2.22. The van der Waals surface area contributed by atoms with Gasteiger partial charge in [-0.05, 0) is 85.1 Å². The van der Waals surface area contributed by atoms with Crippen LogP contribution in [0.25, 0.3) is 0 Å². The molecule has 0 amide bonds. The van der Waals surface area contributed by atoms with Crippen LogP contribution in [0.4, 0.5) is 11.4 Å². The normalized spacial score (nSPS) is 21.2. The summed E-state index contributed by atoms with van der Waals surface area (Å²) in [7, 11) is 0. The van der Waals surface area contributed by atoms with E-state index in [1.807, 2.05) is 0 Å². The fourth-order valence-electron chi connectivity index (χ4n) is 5.20. The zero-order chi connectivity index (χ0) is 23.1. The zero-order valence-electron chi connectivity index (χ0n) is 21.3. The predicted octanol–water partition coefficient (Wildman–Crippen LogP) is 8.92. The van der Waals surface area contributed by atoms with Gasteiger partial charge in [0.2, 0.25) is 0 Å². The van der Waals surface area contributed by atoms with Crippen molar-refractivity contribution < 1.29 is 0 Å². The van der Waals surface area contributed by atoms with Gasteiger partial charge in [-0.2, -0.15) is 0 Å². The highest BCUT2D eigenvalue weighted by Crippen LogP contribution is 2.36. The van der Waals surface area contributed by atoms with Gasteiger partial charge in [0, 0.05) is 23.8 Å².